The van der Waals surface area contributed by atoms with E-state index in [1.165, 1.54) is 6.07 Å². The lowest BCUT2D eigenvalue weighted by atomic mass is 10.1. The molecule has 3 aromatic rings. The van der Waals surface area contributed by atoms with Crippen LogP contribution in [0, 0.1) is 10.1 Å². The minimum atomic E-state index is -0.395. The summed E-state index contributed by atoms with van der Waals surface area (Å²) < 4.78 is 5.14. The van der Waals surface area contributed by atoms with Crippen molar-refractivity contribution in [3.63, 3.8) is 0 Å². The van der Waals surface area contributed by atoms with Crippen LogP contribution >= 0.6 is 11.3 Å². The molecule has 0 aliphatic carbocycles. The van der Waals surface area contributed by atoms with Gasteiger partial charge in [0.1, 0.15) is 5.75 Å². The number of methoxy groups -OCH3 is 1. The van der Waals surface area contributed by atoms with Gasteiger partial charge in [-0.25, -0.2) is 4.98 Å². The average Bonchev–Trinajstić information content (AvgIpc) is 3.04. The Morgan fingerprint density at radius 3 is 2.70 bits per heavy atom. The first-order valence-corrected chi connectivity index (χ1v) is 7.86. The molecule has 0 radical (unpaired) electrons. The van der Waals surface area contributed by atoms with Crippen molar-refractivity contribution in [1.82, 2.24) is 4.98 Å². The van der Waals surface area contributed by atoms with Crippen LogP contribution in [0.4, 0.5) is 5.69 Å². The number of hydrogen-bond acceptors (Lipinski definition) is 5. The van der Waals surface area contributed by atoms with E-state index in [-0.39, 0.29) is 5.69 Å². The Morgan fingerprint density at radius 2 is 2.00 bits per heavy atom. The first kappa shape index (κ1) is 15.2. The summed E-state index contributed by atoms with van der Waals surface area (Å²) in [6, 6.07) is 14.4. The molecule has 3 rings (SSSR count). The Hall–Kier alpha value is -2.73. The predicted molar refractivity (Wildman–Crippen MR) is 90.0 cm³/mol. The van der Waals surface area contributed by atoms with Crippen LogP contribution in [0.5, 0.6) is 5.75 Å². The second-order valence-corrected chi connectivity index (χ2v) is 5.90. The highest BCUT2D eigenvalue weighted by Crippen LogP contribution is 2.26. The van der Waals surface area contributed by atoms with Crippen LogP contribution in [0.25, 0.3) is 11.3 Å². The third kappa shape index (κ3) is 3.54. The van der Waals surface area contributed by atoms with E-state index in [0.717, 1.165) is 34.0 Å². The number of thiazole rings is 1. The molecule has 0 saturated carbocycles. The fourth-order valence-corrected chi connectivity index (χ4v) is 3.06. The Balaban J connectivity index is 1.79. The maximum atomic E-state index is 10.9. The number of benzene rings is 2. The topological polar surface area (TPSA) is 65.3 Å². The Bertz CT molecular complexity index is 828. The summed E-state index contributed by atoms with van der Waals surface area (Å²) in [6.45, 7) is 0. The highest BCUT2D eigenvalue weighted by Gasteiger charge is 2.10. The lowest BCUT2D eigenvalue weighted by Gasteiger charge is -2.01. The van der Waals surface area contributed by atoms with Crippen molar-refractivity contribution in [2.45, 2.75) is 6.42 Å². The Morgan fingerprint density at radius 1 is 1.22 bits per heavy atom. The molecule has 0 amide bonds. The smallest absolute Gasteiger partial charge is 0.270 e. The maximum Gasteiger partial charge on any atom is 0.270 e. The van der Waals surface area contributed by atoms with Gasteiger partial charge in [0.25, 0.3) is 5.69 Å². The van der Waals surface area contributed by atoms with Gasteiger partial charge in [0.2, 0.25) is 0 Å². The molecular formula is C17H14N2O3S. The molecule has 0 spiro atoms. The van der Waals surface area contributed by atoms with E-state index in [9.17, 15) is 10.1 Å². The second-order valence-electron chi connectivity index (χ2n) is 4.96. The summed E-state index contributed by atoms with van der Waals surface area (Å²) in [7, 11) is 1.64. The number of rotatable bonds is 5. The van der Waals surface area contributed by atoms with Gasteiger partial charge in [-0.05, 0) is 17.7 Å². The normalized spacial score (nSPS) is 10.5. The monoisotopic (exact) mass is 326 g/mol. The fourth-order valence-electron chi connectivity index (χ4n) is 2.22. The third-order valence-corrected chi connectivity index (χ3v) is 4.27. The molecule has 1 heterocycles. The van der Waals surface area contributed by atoms with Crippen LogP contribution in [-0.2, 0) is 6.42 Å². The number of non-ortho nitro benzene ring substituents is 1. The molecular weight excluding hydrogens is 312 g/mol. The standard InChI is InChI=1S/C17H14N2O3S/c1-22-15-7-5-12(6-8-15)9-17-18-16(11-23-17)13-3-2-4-14(10-13)19(20)21/h2-8,10-11H,9H2,1H3. The summed E-state index contributed by atoms with van der Waals surface area (Å²) in [5.41, 5.74) is 2.75. The molecule has 2 aromatic carbocycles. The summed E-state index contributed by atoms with van der Waals surface area (Å²) in [6.07, 6.45) is 0.726. The van der Waals surface area contributed by atoms with Crippen LogP contribution in [0.15, 0.2) is 53.9 Å². The van der Waals surface area contributed by atoms with E-state index in [2.05, 4.69) is 4.98 Å². The van der Waals surface area contributed by atoms with E-state index in [0.29, 0.717) is 0 Å². The maximum absolute atomic E-state index is 10.9. The van der Waals surface area contributed by atoms with Gasteiger partial charge in [-0.15, -0.1) is 11.3 Å². The van der Waals surface area contributed by atoms with Gasteiger partial charge in [-0.3, -0.25) is 10.1 Å². The molecule has 1 aromatic heterocycles. The zero-order valence-electron chi connectivity index (χ0n) is 12.4. The van der Waals surface area contributed by atoms with Crippen molar-refractivity contribution >= 4 is 17.0 Å². The Kier molecular flexibility index (Phi) is 4.34. The SMILES string of the molecule is COc1ccc(Cc2nc(-c3cccc([N+](=O)[O-])c3)cs2)cc1. The summed E-state index contributed by atoms with van der Waals surface area (Å²) in [5, 5.41) is 13.8. The molecule has 0 atom stereocenters. The molecule has 0 aliphatic rings. The van der Waals surface area contributed by atoms with Gasteiger partial charge in [0, 0.05) is 29.5 Å². The van der Waals surface area contributed by atoms with Crippen molar-refractivity contribution in [3.05, 3.63) is 74.6 Å². The summed E-state index contributed by atoms with van der Waals surface area (Å²) in [4.78, 5) is 15.0. The molecule has 116 valence electrons. The van der Waals surface area contributed by atoms with Gasteiger partial charge >= 0.3 is 0 Å². The molecule has 0 saturated heterocycles. The number of ether oxygens (including phenoxy) is 1. The zero-order valence-corrected chi connectivity index (χ0v) is 13.2. The van der Waals surface area contributed by atoms with Crippen molar-refractivity contribution < 1.29 is 9.66 Å². The Labute approximate surface area is 137 Å². The molecule has 23 heavy (non-hydrogen) atoms. The second kappa shape index (κ2) is 6.58. The number of aromatic nitrogens is 1. The first-order valence-electron chi connectivity index (χ1n) is 6.98. The van der Waals surface area contributed by atoms with Crippen molar-refractivity contribution in [2.75, 3.05) is 7.11 Å². The van der Waals surface area contributed by atoms with Gasteiger partial charge < -0.3 is 4.74 Å². The van der Waals surface area contributed by atoms with E-state index in [1.54, 1.807) is 30.6 Å². The van der Waals surface area contributed by atoms with E-state index in [1.807, 2.05) is 35.7 Å². The highest BCUT2D eigenvalue weighted by molar-refractivity contribution is 7.10. The minimum absolute atomic E-state index is 0.0761. The number of nitro groups is 1. The van der Waals surface area contributed by atoms with E-state index < -0.39 is 4.92 Å². The van der Waals surface area contributed by atoms with Gasteiger partial charge in [-0.2, -0.15) is 0 Å². The van der Waals surface area contributed by atoms with E-state index >= 15 is 0 Å². The number of hydrogen-bond donors (Lipinski definition) is 0. The summed E-state index contributed by atoms with van der Waals surface area (Å²) in [5.74, 6) is 0.824. The van der Waals surface area contributed by atoms with Crippen LogP contribution < -0.4 is 4.74 Å². The molecule has 0 unspecified atom stereocenters. The predicted octanol–water partition coefficient (Wildman–Crippen LogP) is 4.32. The third-order valence-electron chi connectivity index (χ3n) is 3.42. The minimum Gasteiger partial charge on any atom is -0.497 e. The molecule has 0 aliphatic heterocycles. The van der Waals surface area contributed by atoms with Crippen molar-refractivity contribution in [3.8, 4) is 17.0 Å². The fraction of sp³-hybridized carbons (Fsp3) is 0.118. The molecule has 5 nitrogen and oxygen atoms in total. The number of nitrogens with zero attached hydrogens (tertiary/aromatic N) is 2. The van der Waals surface area contributed by atoms with Gasteiger partial charge in [0.05, 0.1) is 22.7 Å². The highest BCUT2D eigenvalue weighted by atomic mass is 32.1. The quantitative estimate of drug-likeness (QED) is 0.517. The van der Waals surface area contributed by atoms with Gasteiger partial charge in [0.15, 0.2) is 0 Å². The van der Waals surface area contributed by atoms with Crippen LogP contribution in [0.3, 0.4) is 0 Å². The molecule has 0 N–H and O–H groups in total. The van der Waals surface area contributed by atoms with Crippen LogP contribution in [0.1, 0.15) is 10.6 Å². The summed E-state index contributed by atoms with van der Waals surface area (Å²) >= 11 is 1.55. The molecule has 6 heteroatoms. The van der Waals surface area contributed by atoms with Gasteiger partial charge in [-0.1, -0.05) is 24.3 Å². The molecule has 0 fully saturated rings. The first-order chi connectivity index (χ1) is 11.2. The van der Waals surface area contributed by atoms with Crippen molar-refractivity contribution in [1.29, 1.82) is 0 Å². The largest absolute Gasteiger partial charge is 0.497 e. The lowest BCUT2D eigenvalue weighted by Crippen LogP contribution is -1.90. The zero-order chi connectivity index (χ0) is 16.2. The van der Waals surface area contributed by atoms with Crippen LogP contribution in [0.2, 0.25) is 0 Å². The lowest BCUT2D eigenvalue weighted by molar-refractivity contribution is -0.384. The van der Waals surface area contributed by atoms with Crippen LogP contribution in [-0.4, -0.2) is 17.0 Å². The number of nitro benzene ring substituents is 1. The van der Waals surface area contributed by atoms with Crippen molar-refractivity contribution in [2.24, 2.45) is 0 Å². The average molecular weight is 326 g/mol. The molecule has 0 bridgehead atoms. The van der Waals surface area contributed by atoms with E-state index in [4.69, 9.17) is 4.74 Å².